The van der Waals surface area contributed by atoms with Crippen LogP contribution in [0.4, 0.5) is 0 Å². The van der Waals surface area contributed by atoms with Crippen molar-refractivity contribution in [1.29, 1.82) is 0 Å². The van der Waals surface area contributed by atoms with Gasteiger partial charge in [-0.15, -0.1) is 0 Å². The molecule has 1 unspecified atom stereocenters. The van der Waals surface area contributed by atoms with Crippen molar-refractivity contribution >= 4 is 5.91 Å². The van der Waals surface area contributed by atoms with E-state index in [9.17, 15) is 4.79 Å². The van der Waals surface area contributed by atoms with Crippen molar-refractivity contribution < 1.29 is 4.79 Å². The van der Waals surface area contributed by atoms with E-state index in [2.05, 4.69) is 6.58 Å². The molecule has 12 heavy (non-hydrogen) atoms. The molecule has 1 aliphatic rings. The van der Waals surface area contributed by atoms with Crippen LogP contribution in [-0.4, -0.2) is 23.4 Å². The second kappa shape index (κ2) is 3.61. The fourth-order valence-electron chi connectivity index (χ4n) is 1.64. The standard InChI is InChI=1S/C9H16N2O/c1-3-7(2)11-6-4-5-8(11)9(10)12/h8H,2-6H2,1H3,(H2,10,12). The number of hydrogen-bond acceptors (Lipinski definition) is 2. The van der Waals surface area contributed by atoms with E-state index in [1.165, 1.54) is 0 Å². The predicted octanol–water partition coefficient (Wildman–Crippen LogP) is 0.860. The van der Waals surface area contributed by atoms with Gasteiger partial charge < -0.3 is 10.6 Å². The molecule has 0 radical (unpaired) electrons. The summed E-state index contributed by atoms with van der Waals surface area (Å²) in [5, 5.41) is 0. The highest BCUT2D eigenvalue weighted by molar-refractivity contribution is 5.80. The molecule has 0 saturated carbocycles. The van der Waals surface area contributed by atoms with Crippen LogP contribution in [0.5, 0.6) is 0 Å². The minimum Gasteiger partial charge on any atom is -0.368 e. The van der Waals surface area contributed by atoms with Crippen LogP contribution in [0, 0.1) is 0 Å². The van der Waals surface area contributed by atoms with Gasteiger partial charge in [0.05, 0.1) is 0 Å². The number of likely N-dealkylation sites (tertiary alicyclic amines) is 1. The summed E-state index contributed by atoms with van der Waals surface area (Å²) in [6.45, 7) is 6.88. The van der Waals surface area contributed by atoms with Gasteiger partial charge in [-0.2, -0.15) is 0 Å². The minimum absolute atomic E-state index is 0.0996. The lowest BCUT2D eigenvalue weighted by atomic mass is 10.2. The number of carbonyl (C=O) groups is 1. The lowest BCUT2D eigenvalue weighted by Crippen LogP contribution is -2.39. The normalized spacial score (nSPS) is 22.8. The molecule has 1 heterocycles. The van der Waals surface area contributed by atoms with Crippen LogP contribution < -0.4 is 5.73 Å². The van der Waals surface area contributed by atoms with Crippen molar-refractivity contribution in [3.8, 4) is 0 Å². The van der Waals surface area contributed by atoms with E-state index in [1.54, 1.807) is 0 Å². The Labute approximate surface area is 73.2 Å². The highest BCUT2D eigenvalue weighted by atomic mass is 16.1. The molecular weight excluding hydrogens is 152 g/mol. The van der Waals surface area contributed by atoms with Gasteiger partial charge >= 0.3 is 0 Å². The third-order valence-corrected chi connectivity index (χ3v) is 2.40. The molecule has 1 atom stereocenters. The highest BCUT2D eigenvalue weighted by Gasteiger charge is 2.28. The molecule has 1 aliphatic heterocycles. The number of rotatable bonds is 3. The Kier molecular flexibility index (Phi) is 2.74. The van der Waals surface area contributed by atoms with E-state index in [1.807, 2.05) is 11.8 Å². The second-order valence-corrected chi connectivity index (χ2v) is 3.17. The third-order valence-electron chi connectivity index (χ3n) is 2.40. The Hall–Kier alpha value is -0.990. The molecule has 3 nitrogen and oxygen atoms in total. The summed E-state index contributed by atoms with van der Waals surface area (Å²) < 4.78 is 0. The molecule has 0 aromatic rings. The van der Waals surface area contributed by atoms with Crippen LogP contribution >= 0.6 is 0 Å². The summed E-state index contributed by atoms with van der Waals surface area (Å²) in [7, 11) is 0. The van der Waals surface area contributed by atoms with Crippen molar-refractivity contribution in [2.45, 2.75) is 32.2 Å². The van der Waals surface area contributed by atoms with Gasteiger partial charge in [0.2, 0.25) is 5.91 Å². The van der Waals surface area contributed by atoms with Crippen LogP contribution in [0.15, 0.2) is 12.3 Å². The number of carbonyl (C=O) groups excluding carboxylic acids is 1. The Balaban J connectivity index is 2.63. The van der Waals surface area contributed by atoms with Crippen LogP contribution in [0.1, 0.15) is 26.2 Å². The fourth-order valence-corrected chi connectivity index (χ4v) is 1.64. The molecular formula is C9H16N2O. The first kappa shape index (κ1) is 9.10. The topological polar surface area (TPSA) is 46.3 Å². The highest BCUT2D eigenvalue weighted by Crippen LogP contribution is 2.22. The first-order valence-corrected chi connectivity index (χ1v) is 4.40. The summed E-state index contributed by atoms with van der Waals surface area (Å²) >= 11 is 0. The van der Waals surface area contributed by atoms with E-state index in [0.29, 0.717) is 0 Å². The summed E-state index contributed by atoms with van der Waals surface area (Å²) in [6.07, 6.45) is 2.82. The largest absolute Gasteiger partial charge is 0.368 e. The maximum Gasteiger partial charge on any atom is 0.240 e. The van der Waals surface area contributed by atoms with Crippen molar-refractivity contribution in [3.63, 3.8) is 0 Å². The number of nitrogens with two attached hydrogens (primary N) is 1. The molecule has 0 spiro atoms. The molecule has 3 heteroatoms. The number of hydrogen-bond donors (Lipinski definition) is 1. The lowest BCUT2D eigenvalue weighted by Gasteiger charge is -2.25. The average Bonchev–Trinajstić information content (AvgIpc) is 2.50. The zero-order chi connectivity index (χ0) is 9.14. The van der Waals surface area contributed by atoms with Crippen LogP contribution in [0.2, 0.25) is 0 Å². The number of primary amides is 1. The summed E-state index contributed by atoms with van der Waals surface area (Å²) in [6, 6.07) is -0.0996. The quantitative estimate of drug-likeness (QED) is 0.679. The molecule has 1 saturated heterocycles. The molecule has 1 rings (SSSR count). The number of nitrogens with zero attached hydrogens (tertiary/aromatic N) is 1. The van der Waals surface area contributed by atoms with Crippen LogP contribution in [0.3, 0.4) is 0 Å². The first-order valence-electron chi connectivity index (χ1n) is 4.40. The minimum atomic E-state index is -0.220. The average molecular weight is 168 g/mol. The van der Waals surface area contributed by atoms with Gasteiger partial charge in [-0.05, 0) is 19.3 Å². The zero-order valence-electron chi connectivity index (χ0n) is 7.55. The predicted molar refractivity (Wildman–Crippen MR) is 48.4 cm³/mol. The lowest BCUT2D eigenvalue weighted by molar-refractivity contribution is -0.121. The Bertz CT molecular complexity index is 201. The summed E-state index contributed by atoms with van der Waals surface area (Å²) in [5.41, 5.74) is 6.28. The maximum absolute atomic E-state index is 11.0. The molecule has 0 aromatic heterocycles. The molecule has 0 aliphatic carbocycles. The van der Waals surface area contributed by atoms with E-state index in [4.69, 9.17) is 5.73 Å². The van der Waals surface area contributed by atoms with Gasteiger partial charge in [-0.25, -0.2) is 0 Å². The van der Waals surface area contributed by atoms with Gasteiger partial charge in [0.25, 0.3) is 0 Å². The van der Waals surface area contributed by atoms with E-state index >= 15 is 0 Å². The monoisotopic (exact) mass is 168 g/mol. The SMILES string of the molecule is C=C(CC)N1CCCC1C(N)=O. The Morgan fingerprint density at radius 3 is 2.92 bits per heavy atom. The smallest absolute Gasteiger partial charge is 0.240 e. The molecule has 1 fully saturated rings. The van der Waals surface area contributed by atoms with Crippen molar-refractivity contribution in [1.82, 2.24) is 4.90 Å². The zero-order valence-corrected chi connectivity index (χ0v) is 7.55. The van der Waals surface area contributed by atoms with E-state index < -0.39 is 0 Å². The van der Waals surface area contributed by atoms with Crippen LogP contribution in [-0.2, 0) is 4.79 Å². The Morgan fingerprint density at radius 2 is 2.42 bits per heavy atom. The molecule has 1 amide bonds. The number of amides is 1. The van der Waals surface area contributed by atoms with Gasteiger partial charge in [0.1, 0.15) is 6.04 Å². The second-order valence-electron chi connectivity index (χ2n) is 3.17. The van der Waals surface area contributed by atoms with Gasteiger partial charge in [-0.3, -0.25) is 4.79 Å². The fraction of sp³-hybridized carbons (Fsp3) is 0.667. The van der Waals surface area contributed by atoms with E-state index in [0.717, 1.165) is 31.5 Å². The first-order chi connectivity index (χ1) is 5.66. The van der Waals surface area contributed by atoms with Crippen molar-refractivity contribution in [2.75, 3.05) is 6.54 Å². The van der Waals surface area contributed by atoms with Gasteiger partial charge in [0.15, 0.2) is 0 Å². The van der Waals surface area contributed by atoms with Crippen molar-refractivity contribution in [2.24, 2.45) is 5.73 Å². The number of allylic oxidation sites excluding steroid dienone is 1. The van der Waals surface area contributed by atoms with Gasteiger partial charge in [0, 0.05) is 12.2 Å². The van der Waals surface area contributed by atoms with Crippen molar-refractivity contribution in [3.05, 3.63) is 12.3 Å². The molecule has 2 N–H and O–H groups in total. The van der Waals surface area contributed by atoms with Crippen LogP contribution in [0.25, 0.3) is 0 Å². The summed E-state index contributed by atoms with van der Waals surface area (Å²) in [4.78, 5) is 13.0. The van der Waals surface area contributed by atoms with Gasteiger partial charge in [-0.1, -0.05) is 13.5 Å². The van der Waals surface area contributed by atoms with E-state index in [-0.39, 0.29) is 11.9 Å². The molecule has 0 aromatic carbocycles. The summed E-state index contributed by atoms with van der Waals surface area (Å²) in [5.74, 6) is -0.220. The molecule has 68 valence electrons. The Morgan fingerprint density at radius 1 is 1.75 bits per heavy atom. The molecule has 0 bridgehead atoms. The third kappa shape index (κ3) is 1.60. The maximum atomic E-state index is 11.0.